The summed E-state index contributed by atoms with van der Waals surface area (Å²) in [6.45, 7) is 0. The van der Waals surface area contributed by atoms with Crippen LogP contribution in [0, 0.1) is 5.41 Å². The van der Waals surface area contributed by atoms with Gasteiger partial charge in [-0.3, -0.25) is 5.41 Å². The van der Waals surface area contributed by atoms with E-state index in [1.165, 1.54) is 0 Å². The molecule has 0 saturated heterocycles. The van der Waals surface area contributed by atoms with Crippen LogP contribution < -0.4 is 5.49 Å². The van der Waals surface area contributed by atoms with Gasteiger partial charge in [-0.05, 0) is 0 Å². The maximum atomic E-state index is 11.0. The Labute approximate surface area is 77.8 Å². The predicted molar refractivity (Wildman–Crippen MR) is 41.6 cm³/mol. The molecule has 1 rings (SSSR count). The van der Waals surface area contributed by atoms with Crippen LogP contribution in [0.15, 0.2) is 6.20 Å². The fourth-order valence-electron chi connectivity index (χ4n) is 0.702. The second kappa shape index (κ2) is 3.44. The SMILES string of the molecule is COC(=O)c1nc(Cl)cn(O)c1=N. The number of carbonyl (C=O) groups excluding carboxylic acids is 1. The number of methoxy groups -OCH3 is 1. The number of aromatic nitrogens is 2. The third kappa shape index (κ3) is 1.78. The van der Waals surface area contributed by atoms with Crippen LogP contribution in [-0.2, 0) is 4.74 Å². The average Bonchev–Trinajstić information content (AvgIpc) is 2.10. The number of nitrogens with zero attached hydrogens (tertiary/aromatic N) is 2. The molecule has 0 bridgehead atoms. The van der Waals surface area contributed by atoms with E-state index in [9.17, 15) is 4.79 Å². The summed E-state index contributed by atoms with van der Waals surface area (Å²) in [7, 11) is 1.14. The summed E-state index contributed by atoms with van der Waals surface area (Å²) >= 11 is 5.44. The van der Waals surface area contributed by atoms with Crippen molar-refractivity contribution >= 4 is 17.6 Å². The summed E-state index contributed by atoms with van der Waals surface area (Å²) in [4.78, 5) is 14.5. The van der Waals surface area contributed by atoms with Crippen LogP contribution in [0.1, 0.15) is 10.5 Å². The molecule has 0 aliphatic heterocycles. The number of hydrogen-bond acceptors (Lipinski definition) is 5. The first-order chi connectivity index (χ1) is 6.06. The highest BCUT2D eigenvalue weighted by Crippen LogP contribution is 2.01. The second-order valence-corrected chi connectivity index (χ2v) is 2.48. The Bertz CT molecular complexity index is 401. The lowest BCUT2D eigenvalue weighted by Crippen LogP contribution is -2.27. The molecule has 1 heterocycles. The third-order valence-electron chi connectivity index (χ3n) is 1.28. The summed E-state index contributed by atoms with van der Waals surface area (Å²) in [6.07, 6.45) is 0.996. The van der Waals surface area contributed by atoms with E-state index in [2.05, 4.69) is 9.72 Å². The van der Waals surface area contributed by atoms with E-state index < -0.39 is 11.5 Å². The van der Waals surface area contributed by atoms with Crippen molar-refractivity contribution in [2.75, 3.05) is 7.11 Å². The molecule has 0 aliphatic carbocycles. The Balaban J connectivity index is 3.37. The van der Waals surface area contributed by atoms with E-state index in [1.54, 1.807) is 0 Å². The summed E-state index contributed by atoms with van der Waals surface area (Å²) in [6, 6.07) is 0. The number of hydrogen-bond donors (Lipinski definition) is 2. The lowest BCUT2D eigenvalue weighted by Gasteiger charge is -2.02. The standard InChI is InChI=1S/C6H6ClN3O3/c1-13-6(11)4-5(8)10(12)2-3(7)9-4/h2,8,12H,1H3. The van der Waals surface area contributed by atoms with E-state index in [4.69, 9.17) is 22.2 Å². The molecule has 70 valence electrons. The van der Waals surface area contributed by atoms with E-state index in [0.717, 1.165) is 13.3 Å². The van der Waals surface area contributed by atoms with Gasteiger partial charge >= 0.3 is 5.97 Å². The largest absolute Gasteiger partial charge is 0.464 e. The molecule has 0 radical (unpaired) electrons. The van der Waals surface area contributed by atoms with Crippen molar-refractivity contribution in [3.63, 3.8) is 0 Å². The Morgan fingerprint density at radius 2 is 2.46 bits per heavy atom. The molecule has 0 spiro atoms. The Hall–Kier alpha value is -1.56. The highest BCUT2D eigenvalue weighted by molar-refractivity contribution is 6.29. The van der Waals surface area contributed by atoms with Crippen molar-refractivity contribution < 1.29 is 14.7 Å². The van der Waals surface area contributed by atoms with Gasteiger partial charge in [0.15, 0.2) is 11.2 Å². The molecule has 2 N–H and O–H groups in total. The smallest absolute Gasteiger partial charge is 0.360 e. The zero-order valence-corrected chi connectivity index (χ0v) is 7.37. The first-order valence-electron chi connectivity index (χ1n) is 3.17. The molecule has 0 saturated carbocycles. The molecule has 0 unspecified atom stereocenters. The van der Waals surface area contributed by atoms with Crippen LogP contribution in [0.2, 0.25) is 5.15 Å². The highest BCUT2D eigenvalue weighted by Gasteiger charge is 2.13. The zero-order valence-electron chi connectivity index (χ0n) is 6.61. The number of nitrogens with one attached hydrogen (secondary N) is 1. The normalized spacial score (nSPS) is 9.69. The maximum absolute atomic E-state index is 11.0. The van der Waals surface area contributed by atoms with Crippen LogP contribution in [0.5, 0.6) is 0 Å². The molecular weight excluding hydrogens is 198 g/mol. The van der Waals surface area contributed by atoms with Crippen LogP contribution in [0.3, 0.4) is 0 Å². The van der Waals surface area contributed by atoms with Gasteiger partial charge in [-0.25, -0.2) is 9.78 Å². The Morgan fingerprint density at radius 3 is 3.00 bits per heavy atom. The van der Waals surface area contributed by atoms with Gasteiger partial charge in [-0.1, -0.05) is 11.6 Å². The van der Waals surface area contributed by atoms with Gasteiger partial charge in [-0.2, -0.15) is 4.73 Å². The minimum Gasteiger partial charge on any atom is -0.464 e. The lowest BCUT2D eigenvalue weighted by atomic mass is 10.4. The molecular formula is C6H6ClN3O3. The fourth-order valence-corrected chi connectivity index (χ4v) is 0.879. The first kappa shape index (κ1) is 9.53. The van der Waals surface area contributed by atoms with Crippen molar-refractivity contribution in [2.45, 2.75) is 0 Å². The van der Waals surface area contributed by atoms with Gasteiger partial charge in [0.05, 0.1) is 13.3 Å². The molecule has 0 aromatic carbocycles. The zero-order chi connectivity index (χ0) is 10.0. The number of rotatable bonds is 1. The molecule has 1 aromatic rings. The topological polar surface area (TPSA) is 88.2 Å². The van der Waals surface area contributed by atoms with Crippen LogP contribution in [0.4, 0.5) is 0 Å². The monoisotopic (exact) mass is 203 g/mol. The maximum Gasteiger partial charge on any atom is 0.360 e. The van der Waals surface area contributed by atoms with E-state index >= 15 is 0 Å². The number of ether oxygens (including phenoxy) is 1. The molecule has 0 amide bonds. The molecule has 0 atom stereocenters. The van der Waals surface area contributed by atoms with Crippen molar-refractivity contribution in [2.24, 2.45) is 0 Å². The number of halogens is 1. The summed E-state index contributed by atoms with van der Waals surface area (Å²) in [5, 5.41) is 16.1. The number of carbonyl (C=O) groups is 1. The van der Waals surface area contributed by atoms with Gasteiger partial charge in [0.1, 0.15) is 5.15 Å². The Morgan fingerprint density at radius 1 is 1.85 bits per heavy atom. The van der Waals surface area contributed by atoms with Crippen molar-refractivity contribution in [3.05, 3.63) is 22.5 Å². The van der Waals surface area contributed by atoms with Crippen LogP contribution >= 0.6 is 11.6 Å². The second-order valence-electron chi connectivity index (χ2n) is 2.10. The Kier molecular flexibility index (Phi) is 2.52. The van der Waals surface area contributed by atoms with Gasteiger partial charge in [0, 0.05) is 0 Å². The average molecular weight is 204 g/mol. The number of esters is 1. The van der Waals surface area contributed by atoms with Crippen LogP contribution in [0.25, 0.3) is 0 Å². The lowest BCUT2D eigenvalue weighted by molar-refractivity contribution is 0.0582. The molecule has 0 fully saturated rings. The quantitative estimate of drug-likeness (QED) is 0.498. The van der Waals surface area contributed by atoms with E-state index in [0.29, 0.717) is 4.73 Å². The van der Waals surface area contributed by atoms with E-state index in [1.807, 2.05) is 0 Å². The first-order valence-corrected chi connectivity index (χ1v) is 3.55. The van der Waals surface area contributed by atoms with Crippen molar-refractivity contribution in [1.82, 2.24) is 9.71 Å². The molecule has 13 heavy (non-hydrogen) atoms. The molecule has 7 heteroatoms. The fraction of sp³-hybridized carbons (Fsp3) is 0.167. The van der Waals surface area contributed by atoms with Crippen LogP contribution in [-0.4, -0.2) is 28.0 Å². The van der Waals surface area contributed by atoms with Gasteiger partial charge in [0.25, 0.3) is 0 Å². The highest BCUT2D eigenvalue weighted by atomic mass is 35.5. The van der Waals surface area contributed by atoms with Crippen molar-refractivity contribution in [1.29, 1.82) is 5.41 Å². The minimum atomic E-state index is -0.824. The van der Waals surface area contributed by atoms with E-state index in [-0.39, 0.29) is 10.8 Å². The summed E-state index contributed by atoms with van der Waals surface area (Å²) in [5.41, 5.74) is -0.811. The summed E-state index contributed by atoms with van der Waals surface area (Å²) < 4.78 is 4.71. The third-order valence-corrected chi connectivity index (χ3v) is 1.46. The van der Waals surface area contributed by atoms with Gasteiger partial charge in [0.2, 0.25) is 0 Å². The van der Waals surface area contributed by atoms with Crippen molar-refractivity contribution in [3.8, 4) is 0 Å². The van der Waals surface area contributed by atoms with Gasteiger partial charge in [-0.15, -0.1) is 0 Å². The molecule has 1 aromatic heterocycles. The molecule has 0 aliphatic rings. The summed E-state index contributed by atoms with van der Waals surface area (Å²) in [5.74, 6) is -0.824. The van der Waals surface area contributed by atoms with Gasteiger partial charge < -0.3 is 9.94 Å². The minimum absolute atomic E-state index is 0.0982. The predicted octanol–water partition coefficient (Wildman–Crippen LogP) is 0.0399. The molecule has 6 nitrogen and oxygen atoms in total.